The molecule has 2 rings (SSSR count). The lowest BCUT2D eigenvalue weighted by atomic mass is 10.1. The lowest BCUT2D eigenvalue weighted by Gasteiger charge is -2.09. The van der Waals surface area contributed by atoms with E-state index in [1.165, 1.54) is 6.07 Å². The Morgan fingerprint density at radius 3 is 2.58 bits per heavy atom. The normalized spacial score (nSPS) is 9.95. The highest BCUT2D eigenvalue weighted by Crippen LogP contribution is 2.26. The van der Waals surface area contributed by atoms with E-state index in [4.69, 9.17) is 15.7 Å². The van der Waals surface area contributed by atoms with Crippen molar-refractivity contribution in [3.63, 3.8) is 0 Å². The number of nitrogens with zero attached hydrogens (tertiary/aromatic N) is 1. The van der Waals surface area contributed by atoms with Gasteiger partial charge in [-0.25, -0.2) is 4.39 Å². The van der Waals surface area contributed by atoms with Gasteiger partial charge in [0.05, 0.1) is 12.5 Å². The highest BCUT2D eigenvalue weighted by atomic mass is 19.1. The Morgan fingerprint density at radius 2 is 1.89 bits per heavy atom. The van der Waals surface area contributed by atoms with Crippen molar-refractivity contribution in [3.05, 3.63) is 53.3 Å². The Hall–Kier alpha value is -2.54. The van der Waals surface area contributed by atoms with Gasteiger partial charge in [-0.05, 0) is 54.4 Å². The number of aryl methyl sites for hydroxylation is 1. The molecule has 2 aromatic rings. The van der Waals surface area contributed by atoms with Gasteiger partial charge in [-0.1, -0.05) is 0 Å². The van der Waals surface area contributed by atoms with Crippen LogP contribution in [0.3, 0.4) is 0 Å². The van der Waals surface area contributed by atoms with Crippen LogP contribution < -0.4 is 10.5 Å². The molecular weight excluding hydrogens is 243 g/mol. The molecule has 0 heterocycles. The molecule has 19 heavy (non-hydrogen) atoms. The van der Waals surface area contributed by atoms with E-state index in [1.54, 1.807) is 37.3 Å². The van der Waals surface area contributed by atoms with Crippen LogP contribution in [0, 0.1) is 24.1 Å². The molecule has 3 nitrogen and oxygen atoms in total. The molecule has 0 radical (unpaired) electrons. The van der Waals surface area contributed by atoms with Gasteiger partial charge in [-0.2, -0.15) is 5.26 Å². The molecule has 0 aliphatic heterocycles. The summed E-state index contributed by atoms with van der Waals surface area (Å²) < 4.78 is 18.8. The van der Waals surface area contributed by atoms with E-state index in [1.807, 2.05) is 6.07 Å². The van der Waals surface area contributed by atoms with Gasteiger partial charge in [0.15, 0.2) is 0 Å². The average Bonchev–Trinajstić information content (AvgIpc) is 2.38. The molecule has 0 aliphatic rings. The average molecular weight is 256 g/mol. The molecule has 0 fully saturated rings. The van der Waals surface area contributed by atoms with Crippen molar-refractivity contribution in [2.24, 2.45) is 0 Å². The number of nitriles is 1. The first-order valence-corrected chi connectivity index (χ1v) is 5.79. The Bertz CT molecular complexity index is 647. The van der Waals surface area contributed by atoms with Crippen molar-refractivity contribution in [3.8, 4) is 17.6 Å². The fourth-order valence-electron chi connectivity index (χ4n) is 1.70. The third kappa shape index (κ3) is 3.02. The molecule has 0 saturated carbocycles. The van der Waals surface area contributed by atoms with Crippen molar-refractivity contribution in [1.82, 2.24) is 0 Å². The van der Waals surface area contributed by atoms with Crippen molar-refractivity contribution in [2.45, 2.75) is 13.3 Å². The summed E-state index contributed by atoms with van der Waals surface area (Å²) in [6.07, 6.45) is 0.228. The van der Waals surface area contributed by atoms with Gasteiger partial charge in [-0.15, -0.1) is 0 Å². The van der Waals surface area contributed by atoms with E-state index in [-0.39, 0.29) is 12.2 Å². The monoisotopic (exact) mass is 256 g/mol. The summed E-state index contributed by atoms with van der Waals surface area (Å²) >= 11 is 0. The Morgan fingerprint density at radius 1 is 1.21 bits per heavy atom. The van der Waals surface area contributed by atoms with Crippen LogP contribution in [-0.2, 0) is 6.42 Å². The van der Waals surface area contributed by atoms with Gasteiger partial charge in [0, 0.05) is 5.69 Å². The number of anilines is 1. The van der Waals surface area contributed by atoms with Gasteiger partial charge >= 0.3 is 0 Å². The topological polar surface area (TPSA) is 59.0 Å². The number of nitrogens with two attached hydrogens (primary N) is 1. The maximum Gasteiger partial charge on any atom is 0.127 e. The van der Waals surface area contributed by atoms with Crippen molar-refractivity contribution in [2.75, 3.05) is 5.73 Å². The molecule has 0 bridgehead atoms. The van der Waals surface area contributed by atoms with Gasteiger partial charge in [0.25, 0.3) is 0 Å². The molecule has 0 atom stereocenters. The van der Waals surface area contributed by atoms with Gasteiger partial charge in [-0.3, -0.25) is 0 Å². The molecular formula is C15H13FN2O. The minimum absolute atomic E-state index is 0.228. The Labute approximate surface area is 111 Å². The first-order valence-electron chi connectivity index (χ1n) is 5.79. The molecule has 2 aromatic carbocycles. The summed E-state index contributed by atoms with van der Waals surface area (Å²) in [6, 6.07) is 11.7. The summed E-state index contributed by atoms with van der Waals surface area (Å²) in [5.41, 5.74) is 7.56. The van der Waals surface area contributed by atoms with E-state index < -0.39 is 0 Å². The van der Waals surface area contributed by atoms with Crippen LogP contribution in [0.15, 0.2) is 36.4 Å². The minimum atomic E-state index is -0.269. The molecule has 0 spiro atoms. The standard InChI is InChI=1S/C15H13FN2O/c1-10-8-12(2-4-14(10)16)19-13-3-5-15(18)11(9-13)6-7-17/h2-5,8-9H,6,18H2,1H3. The third-order valence-corrected chi connectivity index (χ3v) is 2.75. The van der Waals surface area contributed by atoms with Crippen LogP contribution in [0.1, 0.15) is 11.1 Å². The summed E-state index contributed by atoms with van der Waals surface area (Å²) in [7, 11) is 0. The Kier molecular flexibility index (Phi) is 3.67. The molecule has 0 saturated heterocycles. The van der Waals surface area contributed by atoms with E-state index in [9.17, 15) is 4.39 Å². The minimum Gasteiger partial charge on any atom is -0.457 e. The van der Waals surface area contributed by atoms with Crippen molar-refractivity contribution < 1.29 is 9.13 Å². The summed E-state index contributed by atoms with van der Waals surface area (Å²) in [6.45, 7) is 1.67. The Balaban J connectivity index is 2.25. The zero-order valence-electron chi connectivity index (χ0n) is 10.5. The molecule has 0 unspecified atom stereocenters. The molecule has 4 heteroatoms. The second-order valence-electron chi connectivity index (χ2n) is 4.21. The fourth-order valence-corrected chi connectivity index (χ4v) is 1.70. The summed E-state index contributed by atoms with van der Waals surface area (Å²) in [5, 5.41) is 8.70. The third-order valence-electron chi connectivity index (χ3n) is 2.75. The number of halogens is 1. The van der Waals surface area contributed by atoms with Crippen LogP contribution in [0.4, 0.5) is 10.1 Å². The predicted octanol–water partition coefficient (Wildman–Crippen LogP) is 3.57. The number of rotatable bonds is 3. The molecule has 0 amide bonds. The van der Waals surface area contributed by atoms with Crippen LogP contribution in [-0.4, -0.2) is 0 Å². The van der Waals surface area contributed by atoms with Crippen LogP contribution in [0.5, 0.6) is 11.5 Å². The van der Waals surface area contributed by atoms with Gasteiger partial charge in [0.2, 0.25) is 0 Å². The largest absolute Gasteiger partial charge is 0.457 e. The maximum atomic E-state index is 13.1. The fraction of sp³-hybridized carbons (Fsp3) is 0.133. The van der Waals surface area contributed by atoms with Gasteiger partial charge in [0.1, 0.15) is 17.3 Å². The van der Waals surface area contributed by atoms with E-state index in [0.29, 0.717) is 22.7 Å². The smallest absolute Gasteiger partial charge is 0.127 e. The van der Waals surface area contributed by atoms with E-state index in [0.717, 1.165) is 5.56 Å². The van der Waals surface area contributed by atoms with Gasteiger partial charge < -0.3 is 10.5 Å². The zero-order valence-corrected chi connectivity index (χ0v) is 10.5. The highest BCUT2D eigenvalue weighted by molar-refractivity contribution is 5.52. The SMILES string of the molecule is Cc1cc(Oc2ccc(N)c(CC#N)c2)ccc1F. The first-order chi connectivity index (χ1) is 9.10. The number of hydrogen-bond donors (Lipinski definition) is 1. The summed E-state index contributed by atoms with van der Waals surface area (Å²) in [5.74, 6) is 0.854. The summed E-state index contributed by atoms with van der Waals surface area (Å²) in [4.78, 5) is 0. The van der Waals surface area contributed by atoms with Crippen LogP contribution in [0.25, 0.3) is 0 Å². The second kappa shape index (κ2) is 5.40. The number of hydrogen-bond acceptors (Lipinski definition) is 3. The highest BCUT2D eigenvalue weighted by Gasteiger charge is 2.04. The number of benzene rings is 2. The zero-order chi connectivity index (χ0) is 13.8. The van der Waals surface area contributed by atoms with Crippen LogP contribution in [0.2, 0.25) is 0 Å². The number of nitrogen functional groups attached to an aromatic ring is 1. The molecule has 2 N–H and O–H groups in total. The molecule has 0 aliphatic carbocycles. The first kappa shape index (κ1) is 12.9. The van der Waals surface area contributed by atoms with Crippen molar-refractivity contribution in [1.29, 1.82) is 5.26 Å². The van der Waals surface area contributed by atoms with E-state index in [2.05, 4.69) is 0 Å². The molecule has 0 aromatic heterocycles. The van der Waals surface area contributed by atoms with Crippen molar-refractivity contribution >= 4 is 5.69 Å². The predicted molar refractivity (Wildman–Crippen MR) is 71.4 cm³/mol. The quantitative estimate of drug-likeness (QED) is 0.854. The lowest BCUT2D eigenvalue weighted by Crippen LogP contribution is -1.94. The second-order valence-corrected chi connectivity index (χ2v) is 4.21. The maximum absolute atomic E-state index is 13.1. The lowest BCUT2D eigenvalue weighted by molar-refractivity contribution is 0.479. The number of ether oxygens (including phenoxy) is 1. The van der Waals surface area contributed by atoms with E-state index >= 15 is 0 Å². The van der Waals surface area contributed by atoms with Crippen LogP contribution >= 0.6 is 0 Å². The molecule has 96 valence electrons.